The predicted octanol–water partition coefficient (Wildman–Crippen LogP) is 4.98. The quantitative estimate of drug-likeness (QED) is 0.465. The Bertz CT molecular complexity index is 1250. The standard InChI is InChI=1S/C27H29N3O4/c1-16(2)12-22-23(8-9-25(22)31)30-24(27(32)33)13-18-4-6-20(7-5-18)34-26-17(3)29-15-19-14-28-11-10-21(19)26/h4-7,10-11,14-16,24,30H,8-9,12-13H2,1-3H3,(H,32,33)/t24-/m0/s1. The van der Waals surface area contributed by atoms with Gasteiger partial charge in [0, 0.05) is 53.5 Å². The van der Waals surface area contributed by atoms with E-state index in [-0.39, 0.29) is 5.78 Å². The van der Waals surface area contributed by atoms with Crippen LogP contribution in [-0.4, -0.2) is 32.9 Å². The van der Waals surface area contributed by atoms with E-state index in [1.165, 1.54) is 0 Å². The molecule has 4 rings (SSSR count). The molecule has 2 heterocycles. The molecule has 1 aliphatic rings. The minimum atomic E-state index is -0.942. The SMILES string of the molecule is Cc1ncc2cnccc2c1Oc1ccc(C[C@H](NC2=C(CC(C)C)C(=O)CC2)C(=O)O)cc1. The number of nitrogens with zero attached hydrogens (tertiary/aromatic N) is 2. The number of benzene rings is 1. The lowest BCUT2D eigenvalue weighted by Crippen LogP contribution is -2.38. The Balaban J connectivity index is 1.49. The van der Waals surface area contributed by atoms with Crippen molar-refractivity contribution in [2.24, 2.45) is 5.92 Å². The zero-order valence-corrected chi connectivity index (χ0v) is 19.7. The second-order valence-electron chi connectivity index (χ2n) is 9.10. The van der Waals surface area contributed by atoms with E-state index in [0.29, 0.717) is 43.1 Å². The van der Waals surface area contributed by atoms with Crippen molar-refractivity contribution in [2.45, 2.75) is 52.5 Å². The number of hydrogen-bond donors (Lipinski definition) is 2. The maximum Gasteiger partial charge on any atom is 0.326 e. The molecule has 0 unspecified atom stereocenters. The van der Waals surface area contributed by atoms with E-state index in [0.717, 1.165) is 33.3 Å². The predicted molar refractivity (Wildman–Crippen MR) is 130 cm³/mol. The van der Waals surface area contributed by atoms with Crippen molar-refractivity contribution in [3.05, 3.63) is 71.4 Å². The molecule has 0 amide bonds. The highest BCUT2D eigenvalue weighted by molar-refractivity contribution is 5.98. The van der Waals surface area contributed by atoms with Gasteiger partial charge in [-0.1, -0.05) is 26.0 Å². The maximum atomic E-state index is 12.3. The van der Waals surface area contributed by atoms with E-state index >= 15 is 0 Å². The number of allylic oxidation sites excluding steroid dienone is 2. The molecule has 176 valence electrons. The lowest BCUT2D eigenvalue weighted by atomic mass is 10.0. The normalized spacial score (nSPS) is 14.6. The Kier molecular flexibility index (Phi) is 6.91. The van der Waals surface area contributed by atoms with Crippen molar-refractivity contribution in [3.63, 3.8) is 0 Å². The number of aromatic nitrogens is 2. The highest BCUT2D eigenvalue weighted by atomic mass is 16.5. The number of nitrogens with one attached hydrogen (secondary N) is 1. The van der Waals surface area contributed by atoms with E-state index in [9.17, 15) is 14.7 Å². The van der Waals surface area contributed by atoms with Crippen molar-refractivity contribution in [1.29, 1.82) is 0 Å². The first-order valence-electron chi connectivity index (χ1n) is 11.5. The molecule has 1 aromatic carbocycles. The molecule has 1 aliphatic carbocycles. The van der Waals surface area contributed by atoms with Crippen molar-refractivity contribution >= 4 is 22.5 Å². The number of ketones is 1. The summed E-state index contributed by atoms with van der Waals surface area (Å²) in [5, 5.41) is 14.8. The van der Waals surface area contributed by atoms with Crippen LogP contribution in [0.4, 0.5) is 0 Å². The van der Waals surface area contributed by atoms with Crippen molar-refractivity contribution < 1.29 is 19.4 Å². The number of carbonyl (C=O) groups is 2. The number of ether oxygens (including phenoxy) is 1. The molecule has 1 atom stereocenters. The van der Waals surface area contributed by atoms with E-state index in [2.05, 4.69) is 29.1 Å². The van der Waals surface area contributed by atoms with E-state index < -0.39 is 12.0 Å². The summed E-state index contributed by atoms with van der Waals surface area (Å²) in [7, 11) is 0. The Morgan fingerprint density at radius 3 is 2.59 bits per heavy atom. The third kappa shape index (κ3) is 5.25. The third-order valence-electron chi connectivity index (χ3n) is 5.97. The smallest absolute Gasteiger partial charge is 0.326 e. The summed E-state index contributed by atoms with van der Waals surface area (Å²) >= 11 is 0. The largest absolute Gasteiger partial charge is 0.480 e. The van der Waals surface area contributed by atoms with Crippen LogP contribution in [0.15, 0.2) is 60.2 Å². The first-order valence-corrected chi connectivity index (χ1v) is 11.5. The summed E-state index contributed by atoms with van der Waals surface area (Å²) in [6.45, 7) is 6.01. The van der Waals surface area contributed by atoms with E-state index in [1.54, 1.807) is 18.6 Å². The Hall–Kier alpha value is -3.74. The van der Waals surface area contributed by atoms with Gasteiger partial charge in [-0.15, -0.1) is 0 Å². The molecule has 0 spiro atoms. The van der Waals surface area contributed by atoms with Gasteiger partial charge in [-0.2, -0.15) is 0 Å². The summed E-state index contributed by atoms with van der Waals surface area (Å²) in [5.41, 5.74) is 3.16. The zero-order chi connectivity index (χ0) is 24.2. The third-order valence-corrected chi connectivity index (χ3v) is 5.97. The summed E-state index contributed by atoms with van der Waals surface area (Å²) in [6.07, 6.45) is 7.22. The monoisotopic (exact) mass is 459 g/mol. The summed E-state index contributed by atoms with van der Waals surface area (Å²) < 4.78 is 6.13. The second kappa shape index (κ2) is 10.0. The Morgan fingerprint density at radius 1 is 1.12 bits per heavy atom. The van der Waals surface area contributed by atoms with Gasteiger partial charge in [0.15, 0.2) is 11.5 Å². The van der Waals surface area contributed by atoms with Gasteiger partial charge >= 0.3 is 5.97 Å². The number of aryl methyl sites for hydroxylation is 1. The van der Waals surface area contributed by atoms with Crippen LogP contribution in [0, 0.1) is 12.8 Å². The molecule has 3 aromatic rings. The molecule has 0 saturated heterocycles. The fourth-order valence-corrected chi connectivity index (χ4v) is 4.24. The van der Waals surface area contributed by atoms with Gasteiger partial charge in [0.1, 0.15) is 11.8 Å². The minimum Gasteiger partial charge on any atom is -0.480 e. The molecule has 7 nitrogen and oxygen atoms in total. The molecule has 0 aliphatic heterocycles. The summed E-state index contributed by atoms with van der Waals surface area (Å²) in [4.78, 5) is 32.7. The highest BCUT2D eigenvalue weighted by Crippen LogP contribution is 2.32. The average Bonchev–Trinajstić information content (AvgIpc) is 3.14. The summed E-state index contributed by atoms with van der Waals surface area (Å²) in [5.74, 6) is 0.828. The molecule has 0 fully saturated rings. The van der Waals surface area contributed by atoms with Crippen LogP contribution in [0.1, 0.15) is 44.4 Å². The molecule has 2 N–H and O–H groups in total. The topological polar surface area (TPSA) is 101 Å². The fourth-order valence-electron chi connectivity index (χ4n) is 4.24. The molecule has 0 bridgehead atoms. The van der Waals surface area contributed by atoms with Gasteiger partial charge in [-0.25, -0.2) is 4.79 Å². The molecule has 34 heavy (non-hydrogen) atoms. The van der Waals surface area contributed by atoms with Crippen LogP contribution in [0.2, 0.25) is 0 Å². The van der Waals surface area contributed by atoms with Crippen LogP contribution < -0.4 is 10.1 Å². The number of pyridine rings is 2. The zero-order valence-electron chi connectivity index (χ0n) is 19.7. The number of carbonyl (C=O) groups excluding carboxylic acids is 1. The molecule has 0 saturated carbocycles. The first-order chi connectivity index (χ1) is 16.3. The van der Waals surface area contributed by atoms with Crippen molar-refractivity contribution in [3.8, 4) is 11.5 Å². The molecule has 0 radical (unpaired) electrons. The summed E-state index contributed by atoms with van der Waals surface area (Å²) in [6, 6.07) is 8.48. The average molecular weight is 460 g/mol. The van der Waals surface area contributed by atoms with Crippen LogP contribution >= 0.6 is 0 Å². The number of carboxylic acids is 1. The van der Waals surface area contributed by atoms with Crippen LogP contribution in [-0.2, 0) is 16.0 Å². The molecular formula is C27H29N3O4. The highest BCUT2D eigenvalue weighted by Gasteiger charge is 2.27. The van der Waals surface area contributed by atoms with Gasteiger partial charge < -0.3 is 15.2 Å². The van der Waals surface area contributed by atoms with Crippen LogP contribution in [0.3, 0.4) is 0 Å². The van der Waals surface area contributed by atoms with Crippen molar-refractivity contribution in [2.75, 3.05) is 0 Å². The van der Waals surface area contributed by atoms with Crippen LogP contribution in [0.25, 0.3) is 10.8 Å². The number of carboxylic acid groups (broad SMARTS) is 1. The Morgan fingerprint density at radius 2 is 1.88 bits per heavy atom. The Labute approximate surface area is 198 Å². The number of Topliss-reactive ketones (excluding diaryl/α,β-unsaturated/α-hetero) is 1. The van der Waals surface area contributed by atoms with E-state index in [1.807, 2.05) is 37.3 Å². The van der Waals surface area contributed by atoms with E-state index in [4.69, 9.17) is 4.74 Å². The lowest BCUT2D eigenvalue weighted by molar-refractivity contribution is -0.139. The molecule has 7 heteroatoms. The second-order valence-corrected chi connectivity index (χ2v) is 9.10. The lowest BCUT2D eigenvalue weighted by Gasteiger charge is -2.19. The minimum absolute atomic E-state index is 0.121. The number of aliphatic carboxylic acids is 1. The fraction of sp³-hybridized carbons (Fsp3) is 0.333. The maximum absolute atomic E-state index is 12.3. The number of hydrogen-bond acceptors (Lipinski definition) is 6. The molecular weight excluding hydrogens is 430 g/mol. The first kappa shape index (κ1) is 23.4. The van der Waals surface area contributed by atoms with Gasteiger partial charge in [0.25, 0.3) is 0 Å². The van der Waals surface area contributed by atoms with Gasteiger partial charge in [-0.3, -0.25) is 14.8 Å². The number of rotatable bonds is 9. The molecule has 2 aromatic heterocycles. The van der Waals surface area contributed by atoms with Gasteiger partial charge in [0.2, 0.25) is 0 Å². The van der Waals surface area contributed by atoms with Crippen LogP contribution in [0.5, 0.6) is 11.5 Å². The van der Waals surface area contributed by atoms with Gasteiger partial charge in [0.05, 0.1) is 5.69 Å². The number of fused-ring (bicyclic) bond motifs is 1. The van der Waals surface area contributed by atoms with Crippen molar-refractivity contribution in [1.82, 2.24) is 15.3 Å². The van der Waals surface area contributed by atoms with Gasteiger partial charge in [-0.05, 0) is 49.4 Å².